The van der Waals surface area contributed by atoms with Crippen LogP contribution in [0.2, 0.25) is 0 Å². The summed E-state index contributed by atoms with van der Waals surface area (Å²) in [5.41, 5.74) is 0. The van der Waals surface area contributed by atoms with Crippen molar-refractivity contribution in [3.8, 4) is 0 Å². The quantitative estimate of drug-likeness (QED) is 0.615. The fraction of sp³-hybridized carbons (Fsp3) is 1.00. The van der Waals surface area contributed by atoms with Crippen molar-refractivity contribution in [2.45, 2.75) is 15.9 Å². The average Bonchev–Trinajstić information content (AvgIpc) is 1.62. The van der Waals surface area contributed by atoms with E-state index in [1.807, 2.05) is 0 Å². The highest BCUT2D eigenvalue weighted by Gasteiger charge is 2.22. The number of hydrogen-bond donors (Lipinski definition) is 1. The molecule has 1 N–H and O–H groups in total. The lowest BCUT2D eigenvalue weighted by Gasteiger charge is -2.06. The minimum Gasteiger partial charge on any atom is -0.285 e. The molecule has 0 rings (SSSR count). The highest BCUT2D eigenvalue weighted by atomic mass is 79.9. The maximum absolute atomic E-state index is 10.3. The van der Waals surface area contributed by atoms with E-state index in [0.717, 1.165) is 0 Å². The third kappa shape index (κ3) is 3.54. The SMILES string of the molecule is CC(C(Br)Br)S(=O)(=O)O. The zero-order valence-corrected chi connectivity index (χ0v) is 8.57. The Balaban J connectivity index is 4.24. The summed E-state index contributed by atoms with van der Waals surface area (Å²) in [7, 11) is -3.90. The average molecular weight is 282 g/mol. The maximum Gasteiger partial charge on any atom is 0.269 e. The topological polar surface area (TPSA) is 54.4 Å². The Bertz CT molecular complexity index is 173. The Kier molecular flexibility index (Phi) is 3.64. The number of alkyl halides is 2. The second kappa shape index (κ2) is 3.32. The predicted molar refractivity (Wildman–Crippen MR) is 42.7 cm³/mol. The van der Waals surface area contributed by atoms with E-state index in [0.29, 0.717) is 0 Å². The lowest BCUT2D eigenvalue weighted by Crippen LogP contribution is -2.22. The van der Waals surface area contributed by atoms with Crippen molar-refractivity contribution in [2.75, 3.05) is 0 Å². The first-order valence-corrected chi connectivity index (χ1v) is 5.43. The summed E-state index contributed by atoms with van der Waals surface area (Å²) in [6.45, 7) is 1.39. The standard InChI is InChI=1S/C3H6Br2O3S/c1-2(3(4)5)9(6,7)8/h2-3H,1H3,(H,6,7,8). The van der Waals surface area contributed by atoms with Crippen molar-refractivity contribution < 1.29 is 13.0 Å². The Labute approximate surface area is 70.8 Å². The Morgan fingerprint density at radius 1 is 1.44 bits per heavy atom. The minimum absolute atomic E-state index is 0.403. The molecule has 3 nitrogen and oxygen atoms in total. The summed E-state index contributed by atoms with van der Waals surface area (Å²) in [5, 5.41) is -0.822. The Morgan fingerprint density at radius 2 is 1.78 bits per heavy atom. The second-order valence-corrected chi connectivity index (χ2v) is 6.53. The van der Waals surface area contributed by atoms with Gasteiger partial charge in [-0.05, 0) is 6.92 Å². The molecule has 0 amide bonds. The molecule has 1 unspecified atom stereocenters. The molecule has 0 aliphatic heterocycles. The highest BCUT2D eigenvalue weighted by Crippen LogP contribution is 2.18. The zero-order chi connectivity index (χ0) is 7.65. The number of hydrogen-bond acceptors (Lipinski definition) is 2. The van der Waals surface area contributed by atoms with Gasteiger partial charge in [-0.25, -0.2) is 0 Å². The fourth-order valence-electron chi connectivity index (χ4n) is 0.130. The van der Waals surface area contributed by atoms with E-state index in [2.05, 4.69) is 31.9 Å². The molecule has 9 heavy (non-hydrogen) atoms. The van der Waals surface area contributed by atoms with Crippen LogP contribution in [0.3, 0.4) is 0 Å². The molecule has 0 aliphatic rings. The third-order valence-corrected chi connectivity index (χ3v) is 4.32. The van der Waals surface area contributed by atoms with Gasteiger partial charge >= 0.3 is 0 Å². The smallest absolute Gasteiger partial charge is 0.269 e. The van der Waals surface area contributed by atoms with E-state index in [1.54, 1.807) is 0 Å². The molecule has 0 spiro atoms. The van der Waals surface area contributed by atoms with Gasteiger partial charge in [-0.15, -0.1) is 0 Å². The summed E-state index contributed by atoms with van der Waals surface area (Å²) in [6, 6.07) is 0. The van der Waals surface area contributed by atoms with Gasteiger partial charge in [-0.2, -0.15) is 8.42 Å². The molecule has 0 saturated heterocycles. The van der Waals surface area contributed by atoms with Gasteiger partial charge < -0.3 is 0 Å². The van der Waals surface area contributed by atoms with Crippen molar-refractivity contribution in [1.29, 1.82) is 0 Å². The van der Waals surface area contributed by atoms with Crippen LogP contribution in [0.25, 0.3) is 0 Å². The molecule has 1 atom stereocenters. The van der Waals surface area contributed by atoms with Crippen LogP contribution in [0.4, 0.5) is 0 Å². The summed E-state index contributed by atoms with van der Waals surface area (Å²) in [6.07, 6.45) is 0. The van der Waals surface area contributed by atoms with E-state index >= 15 is 0 Å². The molecule has 0 bridgehead atoms. The summed E-state index contributed by atoms with van der Waals surface area (Å²) < 4.78 is 28.5. The first-order valence-electron chi connectivity index (χ1n) is 2.10. The van der Waals surface area contributed by atoms with Crippen LogP contribution in [0.5, 0.6) is 0 Å². The molecule has 56 valence electrons. The van der Waals surface area contributed by atoms with Gasteiger partial charge in [0.25, 0.3) is 10.1 Å². The van der Waals surface area contributed by atoms with Gasteiger partial charge in [-0.1, -0.05) is 31.9 Å². The van der Waals surface area contributed by atoms with Crippen molar-refractivity contribution >= 4 is 42.0 Å². The monoisotopic (exact) mass is 280 g/mol. The van der Waals surface area contributed by atoms with Gasteiger partial charge in [0.15, 0.2) is 0 Å². The lowest BCUT2D eigenvalue weighted by molar-refractivity contribution is 0.473. The van der Waals surface area contributed by atoms with Crippen molar-refractivity contribution in [1.82, 2.24) is 0 Å². The molecule has 0 fully saturated rings. The van der Waals surface area contributed by atoms with Gasteiger partial charge in [0, 0.05) is 0 Å². The van der Waals surface area contributed by atoms with Gasteiger partial charge in [0.2, 0.25) is 0 Å². The predicted octanol–water partition coefficient (Wildman–Crippen LogP) is 1.38. The Morgan fingerprint density at radius 3 is 1.78 bits per heavy atom. The van der Waals surface area contributed by atoms with Crippen LogP contribution in [0, 0.1) is 0 Å². The number of rotatable bonds is 2. The summed E-state index contributed by atoms with van der Waals surface area (Å²) in [5.74, 6) is 0. The Hall–Kier alpha value is 0.870. The molecule has 6 heteroatoms. The van der Waals surface area contributed by atoms with Crippen molar-refractivity contribution in [2.24, 2.45) is 0 Å². The third-order valence-electron chi connectivity index (χ3n) is 0.825. The zero-order valence-electron chi connectivity index (χ0n) is 4.58. The largest absolute Gasteiger partial charge is 0.285 e. The van der Waals surface area contributed by atoms with E-state index in [1.165, 1.54) is 6.92 Å². The minimum atomic E-state index is -3.90. The highest BCUT2D eigenvalue weighted by molar-refractivity contribution is 9.24. The molecule has 0 aromatic heterocycles. The molecule has 0 radical (unpaired) electrons. The summed E-state index contributed by atoms with van der Waals surface area (Å²) >= 11 is 5.91. The van der Waals surface area contributed by atoms with Crippen molar-refractivity contribution in [3.05, 3.63) is 0 Å². The number of halogens is 2. The van der Waals surface area contributed by atoms with Gasteiger partial charge in [0.05, 0.1) is 3.74 Å². The summed E-state index contributed by atoms with van der Waals surface area (Å²) in [4.78, 5) is 0. The van der Waals surface area contributed by atoms with Gasteiger partial charge in [-0.3, -0.25) is 4.55 Å². The molecule has 0 aromatic rings. The second-order valence-electron chi connectivity index (χ2n) is 1.55. The fourth-order valence-corrected chi connectivity index (χ4v) is 2.03. The van der Waals surface area contributed by atoms with Gasteiger partial charge in [0.1, 0.15) is 5.25 Å². The van der Waals surface area contributed by atoms with E-state index in [4.69, 9.17) is 4.55 Å². The molecular formula is C3H6Br2O3S. The van der Waals surface area contributed by atoms with Crippen LogP contribution >= 0.6 is 31.9 Å². The van der Waals surface area contributed by atoms with Crippen molar-refractivity contribution in [3.63, 3.8) is 0 Å². The van der Waals surface area contributed by atoms with Crippen LogP contribution in [0.1, 0.15) is 6.92 Å². The van der Waals surface area contributed by atoms with E-state index in [9.17, 15) is 8.42 Å². The molecule has 0 aliphatic carbocycles. The van der Waals surface area contributed by atoms with Crippen LogP contribution < -0.4 is 0 Å². The molecule has 0 heterocycles. The maximum atomic E-state index is 10.3. The molecular weight excluding hydrogens is 276 g/mol. The van der Waals surface area contributed by atoms with E-state index < -0.39 is 19.1 Å². The van der Waals surface area contributed by atoms with Crippen LogP contribution in [-0.2, 0) is 10.1 Å². The van der Waals surface area contributed by atoms with Crippen LogP contribution in [-0.4, -0.2) is 22.0 Å². The molecule has 0 saturated carbocycles. The molecule has 0 aromatic carbocycles. The first kappa shape index (κ1) is 9.87. The lowest BCUT2D eigenvalue weighted by atomic mass is 10.6. The normalized spacial score (nSPS) is 16.1. The van der Waals surface area contributed by atoms with Crippen LogP contribution in [0.15, 0.2) is 0 Å². The first-order chi connectivity index (χ1) is 3.85. The van der Waals surface area contributed by atoms with E-state index in [-0.39, 0.29) is 0 Å².